The quantitative estimate of drug-likeness (QED) is 0.850. The van der Waals surface area contributed by atoms with Crippen molar-refractivity contribution in [3.05, 3.63) is 23.8 Å². The van der Waals surface area contributed by atoms with Crippen LogP contribution in [0.25, 0.3) is 0 Å². The van der Waals surface area contributed by atoms with Crippen molar-refractivity contribution < 1.29 is 19.7 Å². The number of aromatic hydroxyl groups is 1. The van der Waals surface area contributed by atoms with Crippen LogP contribution in [-0.4, -0.2) is 40.8 Å². The Morgan fingerprint density at radius 3 is 3.00 bits per heavy atom. The second-order valence-electron chi connectivity index (χ2n) is 4.83. The van der Waals surface area contributed by atoms with Crippen LogP contribution in [0, 0.1) is 0 Å². The van der Waals surface area contributed by atoms with E-state index >= 15 is 0 Å². The molecule has 1 aromatic rings. The number of phenolic OH excluding ortho intramolecular Hbond substituents is 1. The Labute approximate surface area is 112 Å². The zero-order valence-electron chi connectivity index (χ0n) is 11.0. The van der Waals surface area contributed by atoms with E-state index in [1.54, 1.807) is 6.07 Å². The third kappa shape index (κ3) is 3.17. The number of aliphatic carboxylic acids is 1. The summed E-state index contributed by atoms with van der Waals surface area (Å²) in [5, 5.41) is 18.9. The lowest BCUT2D eigenvalue weighted by molar-refractivity contribution is -0.138. The van der Waals surface area contributed by atoms with E-state index in [0.29, 0.717) is 12.3 Å². The highest BCUT2D eigenvalue weighted by atomic mass is 16.5. The molecule has 0 aromatic heterocycles. The number of carboxylic acids is 1. The maximum Gasteiger partial charge on any atom is 0.304 e. The molecule has 1 heterocycles. The van der Waals surface area contributed by atoms with Gasteiger partial charge in [0, 0.05) is 18.2 Å². The monoisotopic (exact) mass is 265 g/mol. The van der Waals surface area contributed by atoms with Gasteiger partial charge in [0.05, 0.1) is 13.5 Å². The fourth-order valence-electron chi connectivity index (χ4n) is 2.61. The summed E-state index contributed by atoms with van der Waals surface area (Å²) in [6.45, 7) is 1.43. The molecule has 104 valence electrons. The predicted octanol–water partition coefficient (Wildman–Crippen LogP) is 1.84. The SMILES string of the molecule is COc1cccc(CN2CCCC2CC(=O)O)c1O. The summed E-state index contributed by atoms with van der Waals surface area (Å²) in [6.07, 6.45) is 2.06. The van der Waals surface area contributed by atoms with E-state index in [0.717, 1.165) is 24.9 Å². The van der Waals surface area contributed by atoms with Crippen molar-refractivity contribution in [2.45, 2.75) is 31.8 Å². The van der Waals surface area contributed by atoms with Gasteiger partial charge in [-0.3, -0.25) is 9.69 Å². The Hall–Kier alpha value is -1.75. The second-order valence-corrected chi connectivity index (χ2v) is 4.83. The second kappa shape index (κ2) is 5.93. The third-order valence-corrected chi connectivity index (χ3v) is 3.59. The van der Waals surface area contributed by atoms with Gasteiger partial charge in [0.2, 0.25) is 0 Å². The van der Waals surface area contributed by atoms with E-state index in [9.17, 15) is 9.90 Å². The van der Waals surface area contributed by atoms with E-state index in [-0.39, 0.29) is 18.2 Å². The summed E-state index contributed by atoms with van der Waals surface area (Å²) in [5.41, 5.74) is 0.775. The van der Waals surface area contributed by atoms with Gasteiger partial charge in [-0.1, -0.05) is 12.1 Å². The van der Waals surface area contributed by atoms with E-state index in [4.69, 9.17) is 9.84 Å². The van der Waals surface area contributed by atoms with Crippen molar-refractivity contribution in [2.75, 3.05) is 13.7 Å². The lowest BCUT2D eigenvalue weighted by Gasteiger charge is -2.23. The summed E-state index contributed by atoms with van der Waals surface area (Å²) in [4.78, 5) is 12.9. The number of methoxy groups -OCH3 is 1. The molecule has 1 aromatic carbocycles. The molecule has 19 heavy (non-hydrogen) atoms. The largest absolute Gasteiger partial charge is 0.504 e. The van der Waals surface area contributed by atoms with Crippen LogP contribution in [-0.2, 0) is 11.3 Å². The first-order valence-corrected chi connectivity index (χ1v) is 6.42. The Morgan fingerprint density at radius 2 is 2.32 bits per heavy atom. The number of benzene rings is 1. The smallest absolute Gasteiger partial charge is 0.304 e. The lowest BCUT2D eigenvalue weighted by Crippen LogP contribution is -2.30. The van der Waals surface area contributed by atoms with Crippen LogP contribution in [0.5, 0.6) is 11.5 Å². The zero-order valence-corrected chi connectivity index (χ0v) is 11.0. The van der Waals surface area contributed by atoms with Crippen LogP contribution in [0.1, 0.15) is 24.8 Å². The minimum absolute atomic E-state index is 0.0584. The summed E-state index contributed by atoms with van der Waals surface area (Å²) >= 11 is 0. The van der Waals surface area contributed by atoms with Crippen LogP contribution in [0.3, 0.4) is 0 Å². The maximum absolute atomic E-state index is 10.8. The van der Waals surface area contributed by atoms with Crippen molar-refractivity contribution in [1.82, 2.24) is 4.90 Å². The number of likely N-dealkylation sites (tertiary alicyclic amines) is 1. The van der Waals surface area contributed by atoms with Gasteiger partial charge in [0.25, 0.3) is 0 Å². The van der Waals surface area contributed by atoms with Crippen molar-refractivity contribution in [2.24, 2.45) is 0 Å². The van der Waals surface area contributed by atoms with Gasteiger partial charge >= 0.3 is 5.97 Å². The molecule has 0 spiro atoms. The molecule has 1 atom stereocenters. The highest BCUT2D eigenvalue weighted by Crippen LogP contribution is 2.32. The number of rotatable bonds is 5. The first kappa shape index (κ1) is 13.7. The fraction of sp³-hybridized carbons (Fsp3) is 0.500. The van der Waals surface area contributed by atoms with Crippen LogP contribution < -0.4 is 4.74 Å². The molecule has 0 radical (unpaired) electrons. The number of carbonyl (C=O) groups is 1. The molecule has 1 fully saturated rings. The molecular formula is C14H19NO4. The molecule has 0 aliphatic carbocycles. The number of hydrogen-bond acceptors (Lipinski definition) is 4. The molecule has 1 aliphatic rings. The molecule has 0 amide bonds. The zero-order chi connectivity index (χ0) is 13.8. The normalized spacial score (nSPS) is 19.5. The molecule has 1 unspecified atom stereocenters. The number of ether oxygens (including phenoxy) is 1. The Balaban J connectivity index is 2.10. The molecule has 1 aliphatic heterocycles. The van der Waals surface area contributed by atoms with Gasteiger partial charge in [0.15, 0.2) is 11.5 Å². The lowest BCUT2D eigenvalue weighted by atomic mass is 10.1. The van der Waals surface area contributed by atoms with Crippen molar-refractivity contribution >= 4 is 5.97 Å². The van der Waals surface area contributed by atoms with Crippen LogP contribution in [0.2, 0.25) is 0 Å². The van der Waals surface area contributed by atoms with E-state index < -0.39 is 5.97 Å². The van der Waals surface area contributed by atoms with E-state index in [1.807, 2.05) is 12.1 Å². The average molecular weight is 265 g/mol. The van der Waals surface area contributed by atoms with Crippen LogP contribution >= 0.6 is 0 Å². The fourth-order valence-corrected chi connectivity index (χ4v) is 2.61. The summed E-state index contributed by atoms with van der Waals surface area (Å²) in [5.74, 6) is -0.177. The maximum atomic E-state index is 10.8. The Kier molecular flexibility index (Phi) is 4.27. The molecule has 1 saturated heterocycles. The molecule has 5 nitrogen and oxygen atoms in total. The minimum Gasteiger partial charge on any atom is -0.504 e. The molecule has 0 bridgehead atoms. The highest BCUT2D eigenvalue weighted by Gasteiger charge is 2.27. The van der Waals surface area contributed by atoms with Crippen LogP contribution in [0.4, 0.5) is 0 Å². The number of carboxylic acid groups (broad SMARTS) is 1. The average Bonchev–Trinajstić information content (AvgIpc) is 2.78. The topological polar surface area (TPSA) is 70.0 Å². The van der Waals surface area contributed by atoms with Gasteiger partial charge in [-0.05, 0) is 25.5 Å². The summed E-state index contributed by atoms with van der Waals surface area (Å²) < 4.78 is 5.08. The molecule has 5 heteroatoms. The van der Waals surface area contributed by atoms with Gasteiger partial charge in [0.1, 0.15) is 0 Å². The number of para-hydroxylation sites is 1. The van der Waals surface area contributed by atoms with Crippen molar-refractivity contribution in [3.8, 4) is 11.5 Å². The first-order chi connectivity index (χ1) is 9.11. The number of hydrogen-bond donors (Lipinski definition) is 2. The summed E-state index contributed by atoms with van der Waals surface area (Å²) in [6, 6.07) is 5.44. The van der Waals surface area contributed by atoms with Gasteiger partial charge in [-0.25, -0.2) is 0 Å². The number of nitrogens with zero attached hydrogens (tertiary/aromatic N) is 1. The van der Waals surface area contributed by atoms with Crippen LogP contribution in [0.15, 0.2) is 18.2 Å². The van der Waals surface area contributed by atoms with E-state index in [1.165, 1.54) is 7.11 Å². The molecular weight excluding hydrogens is 246 g/mol. The van der Waals surface area contributed by atoms with Gasteiger partial charge in [-0.2, -0.15) is 0 Å². The van der Waals surface area contributed by atoms with Crippen molar-refractivity contribution in [1.29, 1.82) is 0 Å². The molecule has 0 saturated carbocycles. The van der Waals surface area contributed by atoms with Crippen molar-refractivity contribution in [3.63, 3.8) is 0 Å². The predicted molar refractivity (Wildman–Crippen MR) is 70.3 cm³/mol. The first-order valence-electron chi connectivity index (χ1n) is 6.42. The highest BCUT2D eigenvalue weighted by molar-refractivity contribution is 5.67. The van der Waals surface area contributed by atoms with Gasteiger partial charge in [-0.15, -0.1) is 0 Å². The molecule has 2 N–H and O–H groups in total. The summed E-state index contributed by atoms with van der Waals surface area (Å²) in [7, 11) is 1.52. The van der Waals surface area contributed by atoms with Gasteiger partial charge < -0.3 is 14.9 Å². The minimum atomic E-state index is -0.772. The third-order valence-electron chi connectivity index (χ3n) is 3.59. The molecule has 2 rings (SSSR count). The Morgan fingerprint density at radius 1 is 1.53 bits per heavy atom. The standard InChI is InChI=1S/C14H19NO4/c1-19-12-6-2-4-10(14(12)18)9-15-7-3-5-11(15)8-13(16)17/h2,4,6,11,18H,3,5,7-9H2,1H3,(H,16,17). The Bertz CT molecular complexity index is 461. The number of phenols is 1. The van der Waals surface area contributed by atoms with E-state index in [2.05, 4.69) is 4.90 Å².